The van der Waals surface area contributed by atoms with Gasteiger partial charge in [0.15, 0.2) is 0 Å². The van der Waals surface area contributed by atoms with Crippen molar-refractivity contribution in [2.45, 2.75) is 33.3 Å². The average Bonchev–Trinajstić information content (AvgIpc) is 2.09. The van der Waals surface area contributed by atoms with E-state index in [0.29, 0.717) is 5.56 Å². The molecule has 0 bridgehead atoms. The van der Waals surface area contributed by atoms with Crippen LogP contribution < -0.4 is 0 Å². The Balaban J connectivity index is 3.14. The molecule has 1 atom stereocenters. The van der Waals surface area contributed by atoms with E-state index in [1.165, 1.54) is 6.07 Å². The van der Waals surface area contributed by atoms with E-state index in [1.54, 1.807) is 26.0 Å². The second-order valence-corrected chi connectivity index (χ2v) is 4.27. The van der Waals surface area contributed by atoms with E-state index >= 15 is 0 Å². The Morgan fingerprint density at radius 2 is 1.93 bits per heavy atom. The van der Waals surface area contributed by atoms with E-state index in [9.17, 15) is 9.50 Å². The molecule has 1 N–H and O–H groups in total. The van der Waals surface area contributed by atoms with Crippen LogP contribution in [0.5, 0.6) is 0 Å². The van der Waals surface area contributed by atoms with Crippen LogP contribution in [0.4, 0.5) is 4.39 Å². The van der Waals surface area contributed by atoms with Gasteiger partial charge in [-0.2, -0.15) is 0 Å². The lowest BCUT2D eigenvalue weighted by Crippen LogP contribution is -2.28. The molecule has 0 aromatic heterocycles. The topological polar surface area (TPSA) is 20.2 Å². The van der Waals surface area contributed by atoms with Crippen LogP contribution in [0, 0.1) is 18.7 Å². The maximum atomic E-state index is 13.0. The van der Waals surface area contributed by atoms with Crippen LogP contribution in [0.1, 0.15) is 31.9 Å². The highest BCUT2D eigenvalue weighted by Gasteiger charge is 2.27. The van der Waals surface area contributed by atoms with Gasteiger partial charge in [-0.25, -0.2) is 4.39 Å². The number of hydrogen-bond donors (Lipinski definition) is 1. The lowest BCUT2D eigenvalue weighted by molar-refractivity contribution is 0.00894. The molecule has 0 aliphatic rings. The fourth-order valence-electron chi connectivity index (χ4n) is 1.29. The van der Waals surface area contributed by atoms with Crippen LogP contribution in [-0.2, 0) is 5.60 Å². The molecule has 1 aromatic carbocycles. The molecule has 0 fully saturated rings. The fraction of sp³-hybridized carbons (Fsp3) is 0.500. The van der Waals surface area contributed by atoms with Crippen LogP contribution in [0.2, 0.25) is 0 Å². The van der Waals surface area contributed by atoms with Crippen LogP contribution in [-0.4, -0.2) is 5.11 Å². The van der Waals surface area contributed by atoms with Gasteiger partial charge in [0.2, 0.25) is 0 Å². The maximum Gasteiger partial charge on any atom is 0.126 e. The van der Waals surface area contributed by atoms with Crippen molar-refractivity contribution in [3.8, 4) is 0 Å². The normalized spacial score (nSPS) is 15.6. The molecule has 0 saturated heterocycles. The highest BCUT2D eigenvalue weighted by atomic mass is 19.1. The van der Waals surface area contributed by atoms with Crippen LogP contribution in [0.15, 0.2) is 18.2 Å². The van der Waals surface area contributed by atoms with E-state index in [-0.39, 0.29) is 11.7 Å². The van der Waals surface area contributed by atoms with E-state index in [4.69, 9.17) is 0 Å². The Labute approximate surface area is 84.6 Å². The van der Waals surface area contributed by atoms with Gasteiger partial charge in [-0.3, -0.25) is 0 Å². The zero-order valence-corrected chi connectivity index (χ0v) is 9.13. The average molecular weight is 196 g/mol. The molecule has 1 aromatic rings. The first-order chi connectivity index (χ1) is 6.35. The highest BCUT2D eigenvalue weighted by molar-refractivity contribution is 5.28. The molecular weight excluding hydrogens is 179 g/mol. The van der Waals surface area contributed by atoms with Gasteiger partial charge in [0, 0.05) is 0 Å². The van der Waals surface area contributed by atoms with E-state index < -0.39 is 5.60 Å². The summed E-state index contributed by atoms with van der Waals surface area (Å²) in [6.07, 6.45) is 0. The first-order valence-electron chi connectivity index (χ1n) is 4.84. The standard InChI is InChI=1S/C12H17FO/c1-8(2)12(4,14)10-5-6-11(13)9(3)7-10/h5-8,14H,1-4H3/t12-/m0/s1. The number of hydrogen-bond acceptors (Lipinski definition) is 1. The third-order valence-corrected chi connectivity index (χ3v) is 2.87. The second-order valence-electron chi connectivity index (χ2n) is 4.27. The van der Waals surface area contributed by atoms with E-state index in [0.717, 1.165) is 5.56 Å². The molecule has 0 aliphatic carbocycles. The van der Waals surface area contributed by atoms with Gasteiger partial charge >= 0.3 is 0 Å². The lowest BCUT2D eigenvalue weighted by Gasteiger charge is -2.28. The van der Waals surface area contributed by atoms with Crippen molar-refractivity contribution >= 4 is 0 Å². The second kappa shape index (κ2) is 3.70. The zero-order valence-electron chi connectivity index (χ0n) is 9.13. The van der Waals surface area contributed by atoms with Crippen molar-refractivity contribution in [2.75, 3.05) is 0 Å². The van der Waals surface area contributed by atoms with Crippen LogP contribution >= 0.6 is 0 Å². The van der Waals surface area contributed by atoms with Crippen LogP contribution in [0.25, 0.3) is 0 Å². The molecule has 14 heavy (non-hydrogen) atoms. The largest absolute Gasteiger partial charge is 0.385 e. The first-order valence-corrected chi connectivity index (χ1v) is 4.84. The smallest absolute Gasteiger partial charge is 0.126 e. The van der Waals surface area contributed by atoms with Crippen molar-refractivity contribution in [1.82, 2.24) is 0 Å². The molecule has 0 heterocycles. The molecule has 2 heteroatoms. The van der Waals surface area contributed by atoms with Crippen LogP contribution in [0.3, 0.4) is 0 Å². The van der Waals surface area contributed by atoms with Gasteiger partial charge in [-0.1, -0.05) is 26.0 Å². The molecular formula is C12H17FO. The Bertz CT molecular complexity index is 329. The van der Waals surface area contributed by atoms with E-state index in [1.807, 2.05) is 13.8 Å². The van der Waals surface area contributed by atoms with Gasteiger partial charge < -0.3 is 5.11 Å². The van der Waals surface area contributed by atoms with Crippen molar-refractivity contribution in [2.24, 2.45) is 5.92 Å². The molecule has 0 spiro atoms. The molecule has 78 valence electrons. The minimum atomic E-state index is -0.890. The number of aryl methyl sites for hydroxylation is 1. The lowest BCUT2D eigenvalue weighted by atomic mass is 9.85. The molecule has 0 saturated carbocycles. The Hall–Kier alpha value is -0.890. The first kappa shape index (κ1) is 11.2. The molecule has 0 unspecified atom stereocenters. The monoisotopic (exact) mass is 196 g/mol. The quantitative estimate of drug-likeness (QED) is 0.771. The van der Waals surface area contributed by atoms with Gasteiger partial charge in [0.25, 0.3) is 0 Å². The third-order valence-electron chi connectivity index (χ3n) is 2.87. The summed E-state index contributed by atoms with van der Waals surface area (Å²) < 4.78 is 13.0. The minimum absolute atomic E-state index is 0.104. The molecule has 1 nitrogen and oxygen atoms in total. The summed E-state index contributed by atoms with van der Waals surface area (Å²) in [6, 6.07) is 4.75. The van der Waals surface area contributed by atoms with Gasteiger partial charge in [0.05, 0.1) is 5.60 Å². The SMILES string of the molecule is Cc1cc([C@@](C)(O)C(C)C)ccc1F. The van der Waals surface area contributed by atoms with Crippen molar-refractivity contribution in [3.05, 3.63) is 35.1 Å². The molecule has 0 aliphatic heterocycles. The number of aliphatic hydroxyl groups is 1. The van der Waals surface area contributed by atoms with Crippen molar-refractivity contribution in [3.63, 3.8) is 0 Å². The fourth-order valence-corrected chi connectivity index (χ4v) is 1.29. The molecule has 1 rings (SSSR count). The van der Waals surface area contributed by atoms with Gasteiger partial charge in [-0.15, -0.1) is 0 Å². The predicted octanol–water partition coefficient (Wildman–Crippen LogP) is 3.00. The molecule has 0 amide bonds. The summed E-state index contributed by atoms with van der Waals surface area (Å²) in [7, 11) is 0. The summed E-state index contributed by atoms with van der Waals surface area (Å²) in [5.74, 6) is -0.124. The Morgan fingerprint density at radius 1 is 1.36 bits per heavy atom. The molecule has 0 radical (unpaired) electrons. The van der Waals surface area contributed by atoms with Gasteiger partial charge in [-0.05, 0) is 37.0 Å². The van der Waals surface area contributed by atoms with Gasteiger partial charge in [0.1, 0.15) is 5.82 Å². The summed E-state index contributed by atoms with van der Waals surface area (Å²) in [6.45, 7) is 7.34. The number of halogens is 1. The summed E-state index contributed by atoms with van der Waals surface area (Å²) in [5.41, 5.74) is 0.452. The highest BCUT2D eigenvalue weighted by Crippen LogP contribution is 2.29. The number of rotatable bonds is 2. The van der Waals surface area contributed by atoms with Crippen molar-refractivity contribution in [1.29, 1.82) is 0 Å². The maximum absolute atomic E-state index is 13.0. The van der Waals surface area contributed by atoms with E-state index in [2.05, 4.69) is 0 Å². The Morgan fingerprint density at radius 3 is 2.36 bits per heavy atom. The predicted molar refractivity (Wildman–Crippen MR) is 55.5 cm³/mol. The zero-order chi connectivity index (χ0) is 10.9. The third kappa shape index (κ3) is 1.95. The van der Waals surface area contributed by atoms with Crippen molar-refractivity contribution < 1.29 is 9.50 Å². The minimum Gasteiger partial charge on any atom is -0.385 e. The summed E-state index contributed by atoms with van der Waals surface area (Å²) >= 11 is 0. The summed E-state index contributed by atoms with van der Waals surface area (Å²) in [5, 5.41) is 10.2. The number of benzene rings is 1. The summed E-state index contributed by atoms with van der Waals surface area (Å²) in [4.78, 5) is 0. The Kier molecular flexibility index (Phi) is 2.95.